The van der Waals surface area contributed by atoms with E-state index in [4.69, 9.17) is 9.47 Å². The first-order valence-corrected chi connectivity index (χ1v) is 7.59. The van der Waals surface area contributed by atoms with Crippen LogP contribution in [0.4, 0.5) is 5.82 Å². The molecule has 1 aliphatic rings. The van der Waals surface area contributed by atoms with Crippen LogP contribution in [-0.4, -0.2) is 23.3 Å². The van der Waals surface area contributed by atoms with Crippen LogP contribution in [0.25, 0.3) is 10.8 Å². The third-order valence-corrected chi connectivity index (χ3v) is 4.21. The Balaban J connectivity index is 1.59. The number of pyridine rings is 1. The maximum absolute atomic E-state index is 5.44. The van der Waals surface area contributed by atoms with E-state index in [2.05, 4.69) is 15.3 Å². The molecule has 2 aromatic heterocycles. The number of nitrogens with zero attached hydrogens (tertiary/aromatic N) is 2. The Morgan fingerprint density at radius 3 is 2.90 bits per heavy atom. The van der Waals surface area contributed by atoms with E-state index in [1.807, 2.05) is 29.8 Å². The Morgan fingerprint density at radius 2 is 2.05 bits per heavy atom. The van der Waals surface area contributed by atoms with Gasteiger partial charge >= 0.3 is 0 Å². The number of hydrogen-bond acceptors (Lipinski definition) is 6. The topological polar surface area (TPSA) is 56.3 Å². The van der Waals surface area contributed by atoms with Gasteiger partial charge in [0.1, 0.15) is 5.82 Å². The Kier molecular flexibility index (Phi) is 3.08. The summed E-state index contributed by atoms with van der Waals surface area (Å²) in [6.07, 6.45) is 4.52. The van der Waals surface area contributed by atoms with Crippen LogP contribution < -0.4 is 14.8 Å². The summed E-state index contributed by atoms with van der Waals surface area (Å²) in [4.78, 5) is 8.71. The number of fused-ring (bicyclic) bond motifs is 2. The Bertz CT molecular complexity index is 774. The van der Waals surface area contributed by atoms with Crippen molar-refractivity contribution in [3.63, 3.8) is 0 Å². The van der Waals surface area contributed by atoms with E-state index in [1.54, 1.807) is 17.5 Å². The van der Waals surface area contributed by atoms with Crippen LogP contribution in [-0.2, 0) is 6.42 Å². The molecule has 0 saturated heterocycles. The molecule has 0 amide bonds. The summed E-state index contributed by atoms with van der Waals surface area (Å²) in [7, 11) is 0. The average Bonchev–Trinajstić information content (AvgIpc) is 3.16. The van der Waals surface area contributed by atoms with Gasteiger partial charge in [0.05, 0.1) is 5.01 Å². The van der Waals surface area contributed by atoms with Gasteiger partial charge in [-0.1, -0.05) is 0 Å². The van der Waals surface area contributed by atoms with Crippen LogP contribution in [0.15, 0.2) is 36.0 Å². The molecular formula is C15H13N3O2S. The van der Waals surface area contributed by atoms with Crippen molar-refractivity contribution < 1.29 is 9.47 Å². The van der Waals surface area contributed by atoms with Crippen molar-refractivity contribution in [2.24, 2.45) is 0 Å². The van der Waals surface area contributed by atoms with Crippen LogP contribution in [0, 0.1) is 0 Å². The van der Waals surface area contributed by atoms with Crippen molar-refractivity contribution >= 4 is 27.9 Å². The highest BCUT2D eigenvalue weighted by atomic mass is 32.1. The highest BCUT2D eigenvalue weighted by Gasteiger charge is 2.15. The summed E-state index contributed by atoms with van der Waals surface area (Å²) in [6, 6.07) is 5.95. The monoisotopic (exact) mass is 299 g/mol. The highest BCUT2D eigenvalue weighted by molar-refractivity contribution is 7.09. The minimum atomic E-state index is 0.284. The van der Waals surface area contributed by atoms with Gasteiger partial charge in [-0.25, -0.2) is 9.97 Å². The molecule has 0 saturated carbocycles. The van der Waals surface area contributed by atoms with Gasteiger partial charge < -0.3 is 14.8 Å². The van der Waals surface area contributed by atoms with E-state index in [0.29, 0.717) is 0 Å². The number of rotatable bonds is 4. The molecular weight excluding hydrogens is 286 g/mol. The lowest BCUT2D eigenvalue weighted by Crippen LogP contribution is -2.06. The van der Waals surface area contributed by atoms with Crippen molar-refractivity contribution in [3.8, 4) is 11.5 Å². The quantitative estimate of drug-likeness (QED) is 0.802. The summed E-state index contributed by atoms with van der Waals surface area (Å²) in [5.41, 5.74) is 0. The third-order valence-electron chi connectivity index (χ3n) is 3.37. The molecule has 6 heteroatoms. The zero-order valence-corrected chi connectivity index (χ0v) is 12.0. The molecule has 0 unspecified atom stereocenters. The SMILES string of the molecule is c1csc(CCNc2nccc3cc4c(cc23)OCO4)n1. The smallest absolute Gasteiger partial charge is 0.231 e. The van der Waals surface area contributed by atoms with Gasteiger partial charge in [0.25, 0.3) is 0 Å². The number of thiazole rings is 1. The highest BCUT2D eigenvalue weighted by Crippen LogP contribution is 2.37. The van der Waals surface area contributed by atoms with Crippen molar-refractivity contribution in [3.05, 3.63) is 41.0 Å². The molecule has 0 fully saturated rings. The lowest BCUT2D eigenvalue weighted by atomic mass is 10.1. The van der Waals surface area contributed by atoms with Crippen LogP contribution in [0.3, 0.4) is 0 Å². The summed E-state index contributed by atoms with van der Waals surface area (Å²) in [6.45, 7) is 1.08. The van der Waals surface area contributed by atoms with Crippen LogP contribution in [0.1, 0.15) is 5.01 Å². The maximum atomic E-state index is 5.44. The Hall–Kier alpha value is -2.34. The third kappa shape index (κ3) is 2.38. The molecule has 0 atom stereocenters. The molecule has 1 aromatic carbocycles. The summed E-state index contributed by atoms with van der Waals surface area (Å²) >= 11 is 1.67. The first kappa shape index (κ1) is 12.4. The molecule has 4 rings (SSSR count). The van der Waals surface area contributed by atoms with Crippen molar-refractivity contribution in [1.82, 2.24) is 9.97 Å². The summed E-state index contributed by atoms with van der Waals surface area (Å²) in [5.74, 6) is 2.43. The Labute approximate surface area is 125 Å². The lowest BCUT2D eigenvalue weighted by Gasteiger charge is -2.08. The molecule has 3 heterocycles. The second kappa shape index (κ2) is 5.21. The number of anilines is 1. The second-order valence-corrected chi connectivity index (χ2v) is 5.67. The van der Waals surface area contributed by atoms with Crippen LogP contribution >= 0.6 is 11.3 Å². The largest absolute Gasteiger partial charge is 0.454 e. The summed E-state index contributed by atoms with van der Waals surface area (Å²) < 4.78 is 10.8. The van der Waals surface area contributed by atoms with E-state index >= 15 is 0 Å². The van der Waals surface area contributed by atoms with E-state index < -0.39 is 0 Å². The standard InChI is InChI=1S/C15H13N3O2S/c1-3-17-15(18-4-2-14-16-5-6-21-14)11-8-13-12(7-10(1)11)19-9-20-13/h1,3,5-8H,2,4,9H2,(H,17,18). The van der Waals surface area contributed by atoms with Gasteiger partial charge in [-0.3, -0.25) is 0 Å². The first-order valence-electron chi connectivity index (χ1n) is 6.71. The maximum Gasteiger partial charge on any atom is 0.231 e. The van der Waals surface area contributed by atoms with Gasteiger partial charge in [-0.05, 0) is 23.6 Å². The average molecular weight is 299 g/mol. The normalized spacial score (nSPS) is 12.8. The second-order valence-electron chi connectivity index (χ2n) is 4.69. The predicted molar refractivity (Wildman–Crippen MR) is 82.2 cm³/mol. The molecule has 5 nitrogen and oxygen atoms in total. The molecule has 21 heavy (non-hydrogen) atoms. The van der Waals surface area contributed by atoms with E-state index in [0.717, 1.165) is 46.1 Å². The zero-order valence-electron chi connectivity index (χ0n) is 11.2. The number of hydrogen-bond donors (Lipinski definition) is 1. The van der Waals surface area contributed by atoms with Gasteiger partial charge in [0, 0.05) is 36.1 Å². The van der Waals surface area contributed by atoms with Crippen molar-refractivity contribution in [1.29, 1.82) is 0 Å². The Morgan fingerprint density at radius 1 is 1.14 bits per heavy atom. The molecule has 3 aromatic rings. The van der Waals surface area contributed by atoms with Gasteiger partial charge in [-0.2, -0.15) is 0 Å². The number of aromatic nitrogens is 2. The molecule has 1 N–H and O–H groups in total. The molecule has 1 aliphatic heterocycles. The minimum Gasteiger partial charge on any atom is -0.454 e. The van der Waals surface area contributed by atoms with E-state index in [-0.39, 0.29) is 6.79 Å². The zero-order chi connectivity index (χ0) is 14.1. The van der Waals surface area contributed by atoms with E-state index in [9.17, 15) is 0 Å². The molecule has 106 valence electrons. The fraction of sp³-hybridized carbons (Fsp3) is 0.200. The van der Waals surface area contributed by atoms with Gasteiger partial charge in [0.2, 0.25) is 6.79 Å². The number of ether oxygens (including phenoxy) is 2. The van der Waals surface area contributed by atoms with E-state index in [1.165, 1.54) is 0 Å². The number of benzene rings is 1. The minimum absolute atomic E-state index is 0.284. The van der Waals surface area contributed by atoms with Gasteiger partial charge in [0.15, 0.2) is 11.5 Å². The van der Waals surface area contributed by atoms with Crippen molar-refractivity contribution in [2.75, 3.05) is 18.7 Å². The van der Waals surface area contributed by atoms with Crippen LogP contribution in [0.5, 0.6) is 11.5 Å². The predicted octanol–water partition coefficient (Wildman–Crippen LogP) is 3.07. The van der Waals surface area contributed by atoms with Crippen molar-refractivity contribution in [2.45, 2.75) is 6.42 Å². The fourth-order valence-corrected chi connectivity index (χ4v) is 2.99. The van der Waals surface area contributed by atoms with Gasteiger partial charge in [-0.15, -0.1) is 11.3 Å². The molecule has 0 bridgehead atoms. The molecule has 0 spiro atoms. The molecule has 0 aliphatic carbocycles. The molecule has 0 radical (unpaired) electrons. The first-order chi connectivity index (χ1) is 10.4. The fourth-order valence-electron chi connectivity index (χ4n) is 2.37. The lowest BCUT2D eigenvalue weighted by molar-refractivity contribution is 0.174. The number of nitrogens with one attached hydrogen (secondary N) is 1. The summed E-state index contributed by atoms with van der Waals surface area (Å²) in [5, 5.41) is 8.63. The van der Waals surface area contributed by atoms with Crippen LogP contribution in [0.2, 0.25) is 0 Å².